The molecule has 0 aromatic heterocycles. The molecule has 0 fully saturated rings. The summed E-state index contributed by atoms with van der Waals surface area (Å²) in [6.07, 6.45) is 6.87. The van der Waals surface area contributed by atoms with Crippen LogP contribution in [0.1, 0.15) is 69.2 Å². The Morgan fingerprint density at radius 2 is 0.714 bits per heavy atom. The maximum Gasteiger partial charge on any atom is 0.0319 e. The molecule has 0 atom stereocenters. The molecule has 0 heterocycles. The number of aliphatic hydroxyl groups excluding tert-OH is 2. The molecule has 0 aliphatic heterocycles. The molecule has 0 saturated heterocycles. The summed E-state index contributed by atoms with van der Waals surface area (Å²) in [5.74, 6) is 0. The quantitative estimate of drug-likeness (QED) is 0.346. The van der Waals surface area contributed by atoms with Crippen molar-refractivity contribution in [2.75, 3.05) is 14.2 Å². The molecule has 0 unspecified atom stereocenters. The van der Waals surface area contributed by atoms with E-state index in [1.807, 2.05) is 0 Å². The van der Waals surface area contributed by atoms with Gasteiger partial charge in [0.2, 0.25) is 0 Å². The van der Waals surface area contributed by atoms with Crippen LogP contribution in [0.25, 0.3) is 0 Å². The Morgan fingerprint density at radius 3 is 0.750 bits per heavy atom. The summed E-state index contributed by atoms with van der Waals surface area (Å²) < 4.78 is 0. The van der Waals surface area contributed by atoms with Gasteiger partial charge in [-0.1, -0.05) is 66.2 Å². The Hall–Kier alpha value is 0.889. The van der Waals surface area contributed by atoms with Crippen LogP contribution in [0.5, 0.6) is 0 Å². The largest absolute Gasteiger partial charge is 1.00 e. The van der Waals surface area contributed by atoms with Crippen molar-refractivity contribution in [3.63, 3.8) is 0 Å². The molecular formula is C22H38Cl2O2Ti2-4. The zero-order valence-corrected chi connectivity index (χ0v) is 24.3. The van der Waals surface area contributed by atoms with Gasteiger partial charge in [0.1, 0.15) is 0 Å². The van der Waals surface area contributed by atoms with E-state index in [9.17, 15) is 0 Å². The van der Waals surface area contributed by atoms with Crippen LogP contribution in [-0.2, 0) is 43.4 Å². The first-order valence-electron chi connectivity index (χ1n) is 8.39. The standard InChI is InChI=1S/2C10H15.2CH4O.2ClH.2Ti/c2*1-7-6-10(4,5)9(3)8(7)2;2*1-2;;;;/h2*1-5H3;2*2H,1H3;2*1H;;/q2*-1;;;;;;/p-2. The van der Waals surface area contributed by atoms with E-state index in [1.165, 1.54) is 33.4 Å². The number of allylic oxidation sites excluding steroid dienone is 8. The molecule has 2 rings (SSSR count). The van der Waals surface area contributed by atoms with Crippen molar-refractivity contribution in [3.8, 4) is 0 Å². The molecule has 2 aliphatic rings. The molecule has 0 aromatic rings. The topological polar surface area (TPSA) is 40.5 Å². The second-order valence-electron chi connectivity index (χ2n) is 7.25. The fourth-order valence-electron chi connectivity index (χ4n) is 2.81. The second-order valence-corrected chi connectivity index (χ2v) is 7.25. The SMILES string of the molecule is CC1=[C-]C(C)(C)C(C)=C1C.CC1=[C-]C(C)(C)C(C)=C1C.CO.CO.[Cl-].[Cl-].[Ti].[Ti]. The van der Waals surface area contributed by atoms with Gasteiger partial charge in [0.15, 0.2) is 0 Å². The minimum Gasteiger partial charge on any atom is -1.00 e. The third kappa shape index (κ3) is 11.9. The molecule has 0 amide bonds. The van der Waals surface area contributed by atoms with Crippen LogP contribution in [-0.4, -0.2) is 24.4 Å². The summed E-state index contributed by atoms with van der Waals surface area (Å²) in [5, 5.41) is 14.0. The van der Waals surface area contributed by atoms with Crippen molar-refractivity contribution in [1.29, 1.82) is 0 Å². The number of halogens is 2. The molecular weight excluding hydrogens is 463 g/mol. The van der Waals surface area contributed by atoms with Gasteiger partial charge in [-0.05, 0) is 0 Å². The van der Waals surface area contributed by atoms with Crippen LogP contribution in [0.3, 0.4) is 0 Å². The fraction of sp³-hybridized carbons (Fsp3) is 0.636. The molecule has 2 aliphatic carbocycles. The number of rotatable bonds is 0. The van der Waals surface area contributed by atoms with Crippen LogP contribution in [0.2, 0.25) is 0 Å². The van der Waals surface area contributed by atoms with Gasteiger partial charge in [-0.15, -0.1) is 13.8 Å². The normalized spacial score (nSPS) is 17.2. The molecule has 28 heavy (non-hydrogen) atoms. The summed E-state index contributed by atoms with van der Waals surface area (Å²) in [4.78, 5) is 0. The van der Waals surface area contributed by atoms with E-state index in [1.54, 1.807) is 0 Å². The predicted molar refractivity (Wildman–Crippen MR) is 105 cm³/mol. The second kappa shape index (κ2) is 18.6. The van der Waals surface area contributed by atoms with E-state index in [2.05, 4.69) is 81.4 Å². The van der Waals surface area contributed by atoms with Gasteiger partial charge in [0, 0.05) is 57.7 Å². The van der Waals surface area contributed by atoms with Crippen LogP contribution >= 0.6 is 0 Å². The van der Waals surface area contributed by atoms with Gasteiger partial charge in [-0.2, -0.15) is 22.3 Å². The van der Waals surface area contributed by atoms with Crippen LogP contribution in [0.15, 0.2) is 33.4 Å². The molecule has 2 N–H and O–H groups in total. The summed E-state index contributed by atoms with van der Waals surface area (Å²) in [7, 11) is 2.00. The first-order chi connectivity index (χ1) is 10.9. The Kier molecular flexibility index (Phi) is 28.6. The molecule has 0 radical (unpaired) electrons. The van der Waals surface area contributed by atoms with Crippen molar-refractivity contribution >= 4 is 0 Å². The van der Waals surface area contributed by atoms with Crippen molar-refractivity contribution in [1.82, 2.24) is 0 Å². The summed E-state index contributed by atoms with van der Waals surface area (Å²) in [6.45, 7) is 21.8. The Morgan fingerprint density at radius 1 is 0.536 bits per heavy atom. The van der Waals surface area contributed by atoms with E-state index in [-0.39, 0.29) is 79.1 Å². The van der Waals surface area contributed by atoms with E-state index in [0.717, 1.165) is 14.2 Å². The minimum absolute atomic E-state index is 0. The van der Waals surface area contributed by atoms with Gasteiger partial charge < -0.3 is 35.0 Å². The van der Waals surface area contributed by atoms with Crippen molar-refractivity contribution in [3.05, 3.63) is 45.6 Å². The maximum absolute atomic E-state index is 7.00. The summed E-state index contributed by atoms with van der Waals surface area (Å²) in [5.41, 5.74) is 8.79. The van der Waals surface area contributed by atoms with Crippen LogP contribution in [0.4, 0.5) is 0 Å². The van der Waals surface area contributed by atoms with Crippen molar-refractivity contribution in [2.24, 2.45) is 10.8 Å². The average Bonchev–Trinajstić information content (AvgIpc) is 2.82. The summed E-state index contributed by atoms with van der Waals surface area (Å²) >= 11 is 0. The molecule has 2 nitrogen and oxygen atoms in total. The van der Waals surface area contributed by atoms with E-state index in [0.29, 0.717) is 0 Å². The number of hydrogen-bond donors (Lipinski definition) is 2. The van der Waals surface area contributed by atoms with E-state index < -0.39 is 0 Å². The molecule has 164 valence electrons. The Balaban J connectivity index is -0.0000000653. The molecule has 0 bridgehead atoms. The van der Waals surface area contributed by atoms with Gasteiger partial charge >= 0.3 is 0 Å². The summed E-state index contributed by atoms with van der Waals surface area (Å²) in [6, 6.07) is 0. The minimum atomic E-state index is 0. The third-order valence-electron chi connectivity index (χ3n) is 5.12. The monoisotopic (exact) mass is 500 g/mol. The van der Waals surface area contributed by atoms with Crippen molar-refractivity contribution < 1.29 is 78.5 Å². The van der Waals surface area contributed by atoms with Gasteiger partial charge in [-0.25, -0.2) is 11.1 Å². The average molecular weight is 501 g/mol. The van der Waals surface area contributed by atoms with Gasteiger partial charge in [0.05, 0.1) is 0 Å². The van der Waals surface area contributed by atoms with Crippen LogP contribution < -0.4 is 24.8 Å². The predicted octanol–water partition coefficient (Wildman–Crippen LogP) is -0.556. The first kappa shape index (κ1) is 42.9. The first-order valence-corrected chi connectivity index (χ1v) is 8.39. The smallest absolute Gasteiger partial charge is 0.0319 e. The number of hydrogen-bond acceptors (Lipinski definition) is 2. The number of aliphatic hydroxyl groups is 2. The molecule has 0 aromatic carbocycles. The Labute approximate surface area is 217 Å². The molecule has 0 saturated carbocycles. The zero-order chi connectivity index (χ0) is 19.9. The van der Waals surface area contributed by atoms with E-state index >= 15 is 0 Å². The van der Waals surface area contributed by atoms with Crippen LogP contribution in [0, 0.1) is 23.0 Å². The van der Waals surface area contributed by atoms with Gasteiger partial charge in [0.25, 0.3) is 0 Å². The Bertz CT molecular complexity index is 509. The maximum atomic E-state index is 7.00. The molecule has 0 spiro atoms. The van der Waals surface area contributed by atoms with Crippen molar-refractivity contribution in [2.45, 2.75) is 69.2 Å². The van der Waals surface area contributed by atoms with Gasteiger partial charge in [-0.3, -0.25) is 12.2 Å². The molecule has 6 heteroatoms. The van der Waals surface area contributed by atoms with E-state index in [4.69, 9.17) is 10.2 Å². The zero-order valence-electron chi connectivity index (χ0n) is 19.7. The third-order valence-corrected chi connectivity index (χ3v) is 5.12. The fourth-order valence-corrected chi connectivity index (χ4v) is 2.81.